The van der Waals surface area contributed by atoms with E-state index in [2.05, 4.69) is 19.9 Å². The summed E-state index contributed by atoms with van der Waals surface area (Å²) < 4.78 is 6.17. The van der Waals surface area contributed by atoms with Gasteiger partial charge in [-0.2, -0.15) is 0 Å². The highest BCUT2D eigenvalue weighted by Gasteiger charge is 2.21. The number of Topliss-reactive ketones (excluding diaryl/α,β-unsaturated/α-hetero) is 1. The second kappa shape index (κ2) is 9.33. The second-order valence-electron chi connectivity index (χ2n) is 7.71. The molecule has 8 heteroatoms. The molecule has 0 unspecified atom stereocenters. The smallest absolute Gasteiger partial charge is 0.227 e. The lowest BCUT2D eigenvalue weighted by atomic mass is 10.0. The molecule has 5 rings (SSSR count). The van der Waals surface area contributed by atoms with Crippen LogP contribution in [0.4, 0.5) is 0 Å². The Balaban J connectivity index is 1.45. The van der Waals surface area contributed by atoms with Gasteiger partial charge in [-0.15, -0.1) is 0 Å². The van der Waals surface area contributed by atoms with E-state index >= 15 is 0 Å². The van der Waals surface area contributed by atoms with Gasteiger partial charge >= 0.3 is 0 Å². The number of phenols is 1. The average molecular weight is 471 g/mol. The van der Waals surface area contributed by atoms with Crippen LogP contribution in [0.15, 0.2) is 83.7 Å². The zero-order valence-electron chi connectivity index (χ0n) is 17.9. The highest BCUT2D eigenvalue weighted by atomic mass is 35.5. The minimum atomic E-state index is 0.00998. The number of aromatic amines is 1. The molecule has 0 aliphatic carbocycles. The van der Waals surface area contributed by atoms with Gasteiger partial charge in [0, 0.05) is 48.3 Å². The third-order valence-corrected chi connectivity index (χ3v) is 5.58. The number of benzene rings is 2. The standard InChI is InChI=1S/C26H19ClN4O3/c27-22-4-2-1-3-21(22)24-23(25-29-11-12-30-25)31-26(34-24)17-9-10-28-18(14-17)15-20(33)13-16-5-7-19(32)8-6-16/h1-12,14,32H,13,15H2,(H,29,30). The van der Waals surface area contributed by atoms with Crippen molar-refractivity contribution in [1.82, 2.24) is 19.9 Å². The van der Waals surface area contributed by atoms with Gasteiger partial charge < -0.3 is 14.5 Å². The number of H-pyrrole nitrogens is 1. The van der Waals surface area contributed by atoms with E-state index in [1.807, 2.05) is 18.2 Å². The van der Waals surface area contributed by atoms with Crippen LogP contribution < -0.4 is 0 Å². The Bertz CT molecular complexity index is 1440. The highest BCUT2D eigenvalue weighted by molar-refractivity contribution is 6.33. The van der Waals surface area contributed by atoms with Crippen molar-refractivity contribution >= 4 is 17.4 Å². The maximum Gasteiger partial charge on any atom is 0.227 e. The molecule has 2 N–H and O–H groups in total. The van der Waals surface area contributed by atoms with E-state index in [4.69, 9.17) is 16.0 Å². The molecule has 168 valence electrons. The normalized spacial score (nSPS) is 11.0. The van der Waals surface area contributed by atoms with Crippen LogP contribution in [-0.4, -0.2) is 30.8 Å². The molecule has 0 radical (unpaired) electrons. The average Bonchev–Trinajstić information content (AvgIpc) is 3.51. The summed E-state index contributed by atoms with van der Waals surface area (Å²) in [6.07, 6.45) is 5.40. The summed E-state index contributed by atoms with van der Waals surface area (Å²) >= 11 is 6.43. The van der Waals surface area contributed by atoms with Crippen LogP contribution in [-0.2, 0) is 17.6 Å². The molecule has 7 nitrogen and oxygen atoms in total. The van der Waals surface area contributed by atoms with Gasteiger partial charge in [-0.05, 0) is 42.0 Å². The van der Waals surface area contributed by atoms with Gasteiger partial charge in [-0.25, -0.2) is 9.97 Å². The summed E-state index contributed by atoms with van der Waals surface area (Å²) in [5.74, 6) is 1.61. The van der Waals surface area contributed by atoms with Crippen molar-refractivity contribution in [3.8, 4) is 40.0 Å². The van der Waals surface area contributed by atoms with Crippen molar-refractivity contribution < 1.29 is 14.3 Å². The van der Waals surface area contributed by atoms with E-state index in [0.717, 1.165) is 5.56 Å². The Morgan fingerprint density at radius 3 is 2.59 bits per heavy atom. The molecule has 0 atom stereocenters. The van der Waals surface area contributed by atoms with Gasteiger partial charge in [0.2, 0.25) is 5.89 Å². The summed E-state index contributed by atoms with van der Waals surface area (Å²) in [4.78, 5) is 29.0. The van der Waals surface area contributed by atoms with Gasteiger partial charge in [-0.1, -0.05) is 35.9 Å². The SMILES string of the molecule is O=C(Cc1ccc(O)cc1)Cc1cc(-c2nc(-c3ncc[nH]3)c(-c3ccccc3Cl)o2)ccn1. The van der Waals surface area contributed by atoms with Crippen molar-refractivity contribution in [1.29, 1.82) is 0 Å². The van der Waals surface area contributed by atoms with Crippen LogP contribution in [0.5, 0.6) is 5.75 Å². The Labute approximate surface area is 200 Å². The van der Waals surface area contributed by atoms with Crippen LogP contribution >= 0.6 is 11.6 Å². The van der Waals surface area contributed by atoms with Crippen molar-refractivity contribution in [2.75, 3.05) is 0 Å². The van der Waals surface area contributed by atoms with Crippen molar-refractivity contribution in [2.45, 2.75) is 12.8 Å². The molecule has 2 aromatic carbocycles. The monoisotopic (exact) mass is 470 g/mol. The molecule has 0 spiro atoms. The number of hydrogen-bond acceptors (Lipinski definition) is 6. The lowest BCUT2D eigenvalue weighted by molar-refractivity contribution is -0.117. The maximum atomic E-state index is 12.6. The minimum Gasteiger partial charge on any atom is -0.508 e. The third-order valence-electron chi connectivity index (χ3n) is 5.25. The first-order chi connectivity index (χ1) is 16.6. The zero-order valence-corrected chi connectivity index (χ0v) is 18.7. The Kier molecular flexibility index (Phi) is 5.93. The fraction of sp³-hybridized carbons (Fsp3) is 0.0769. The second-order valence-corrected chi connectivity index (χ2v) is 8.12. The molecular formula is C26H19ClN4O3. The molecule has 0 aliphatic heterocycles. The number of halogens is 1. The summed E-state index contributed by atoms with van der Waals surface area (Å²) in [5, 5.41) is 9.95. The van der Waals surface area contributed by atoms with Crippen LogP contribution in [0.25, 0.3) is 34.3 Å². The summed E-state index contributed by atoms with van der Waals surface area (Å²) in [6.45, 7) is 0. The summed E-state index contributed by atoms with van der Waals surface area (Å²) in [7, 11) is 0. The maximum absolute atomic E-state index is 12.6. The number of pyridine rings is 1. The third kappa shape index (κ3) is 4.60. The first-order valence-electron chi connectivity index (χ1n) is 10.6. The van der Waals surface area contributed by atoms with Gasteiger partial charge in [0.1, 0.15) is 11.5 Å². The van der Waals surface area contributed by atoms with Crippen LogP contribution in [0.3, 0.4) is 0 Å². The molecular weight excluding hydrogens is 452 g/mol. The number of nitrogens with one attached hydrogen (secondary N) is 1. The Morgan fingerprint density at radius 2 is 1.82 bits per heavy atom. The van der Waals surface area contributed by atoms with E-state index in [-0.39, 0.29) is 24.4 Å². The zero-order chi connectivity index (χ0) is 23.5. The predicted octanol–water partition coefficient (Wildman–Crippen LogP) is 5.51. The number of carbonyl (C=O) groups is 1. The quantitative estimate of drug-likeness (QED) is 0.325. The lowest BCUT2D eigenvalue weighted by Gasteiger charge is -2.04. The molecule has 0 aliphatic rings. The number of aromatic hydroxyl groups is 1. The Hall–Kier alpha value is -4.23. The molecule has 3 aromatic heterocycles. The molecule has 0 bridgehead atoms. The molecule has 5 aromatic rings. The Morgan fingerprint density at radius 1 is 1.00 bits per heavy atom. The van der Waals surface area contributed by atoms with Crippen LogP contribution in [0.2, 0.25) is 5.02 Å². The number of ketones is 1. The van der Waals surface area contributed by atoms with Gasteiger partial charge in [0.15, 0.2) is 17.3 Å². The van der Waals surface area contributed by atoms with Gasteiger partial charge in [0.05, 0.1) is 5.02 Å². The molecule has 0 fully saturated rings. The number of imidazole rings is 1. The van der Waals surface area contributed by atoms with Crippen LogP contribution in [0.1, 0.15) is 11.3 Å². The number of phenolic OH excluding ortho intramolecular Hbond substituents is 1. The minimum absolute atomic E-state index is 0.00998. The summed E-state index contributed by atoms with van der Waals surface area (Å²) in [6, 6.07) is 17.5. The number of nitrogens with zero attached hydrogens (tertiary/aromatic N) is 3. The number of aromatic nitrogens is 4. The van der Waals surface area contributed by atoms with Crippen LogP contribution in [0, 0.1) is 0 Å². The fourth-order valence-electron chi connectivity index (χ4n) is 3.64. The molecule has 0 saturated carbocycles. The molecule has 0 saturated heterocycles. The van der Waals surface area contributed by atoms with E-state index in [1.54, 1.807) is 61.1 Å². The van der Waals surface area contributed by atoms with Crippen molar-refractivity contribution in [2.24, 2.45) is 0 Å². The van der Waals surface area contributed by atoms with E-state index in [0.29, 0.717) is 45.0 Å². The topological polar surface area (TPSA) is 105 Å². The van der Waals surface area contributed by atoms with Crippen molar-refractivity contribution in [3.05, 3.63) is 95.5 Å². The fourth-order valence-corrected chi connectivity index (χ4v) is 3.86. The lowest BCUT2D eigenvalue weighted by Crippen LogP contribution is -2.07. The molecule has 0 amide bonds. The first kappa shape index (κ1) is 21.6. The molecule has 3 heterocycles. The van der Waals surface area contributed by atoms with E-state index in [9.17, 15) is 9.90 Å². The van der Waals surface area contributed by atoms with E-state index in [1.165, 1.54) is 0 Å². The number of rotatable bonds is 7. The number of hydrogen-bond donors (Lipinski definition) is 2. The summed E-state index contributed by atoms with van der Waals surface area (Å²) in [5.41, 5.74) is 3.37. The number of oxazole rings is 1. The largest absolute Gasteiger partial charge is 0.508 e. The highest BCUT2D eigenvalue weighted by Crippen LogP contribution is 2.37. The molecule has 34 heavy (non-hydrogen) atoms. The number of carbonyl (C=O) groups excluding carboxylic acids is 1. The first-order valence-corrected chi connectivity index (χ1v) is 10.9. The predicted molar refractivity (Wildman–Crippen MR) is 128 cm³/mol. The van der Waals surface area contributed by atoms with E-state index < -0.39 is 0 Å². The van der Waals surface area contributed by atoms with Crippen molar-refractivity contribution in [3.63, 3.8) is 0 Å². The van der Waals surface area contributed by atoms with Gasteiger partial charge in [-0.3, -0.25) is 9.78 Å². The van der Waals surface area contributed by atoms with Gasteiger partial charge in [0.25, 0.3) is 0 Å².